The first-order chi connectivity index (χ1) is 15.4. The molecule has 1 saturated heterocycles. The number of likely N-dealkylation sites (tertiary alicyclic amines) is 1. The fourth-order valence-electron chi connectivity index (χ4n) is 5.22. The number of benzene rings is 1. The smallest absolute Gasteiger partial charge is 0.230 e. The van der Waals surface area contributed by atoms with Gasteiger partial charge in [0.2, 0.25) is 5.91 Å². The SMILES string of the molecule is CCC=C1N(C)c2cc(C)ccc2NC12CCN(C(=O)C1C=C(OC)C=C(OC)C1)CC2. The van der Waals surface area contributed by atoms with Gasteiger partial charge in [-0.05, 0) is 50.0 Å². The van der Waals surface area contributed by atoms with Crippen LogP contribution in [-0.2, 0) is 14.3 Å². The lowest BCUT2D eigenvalue weighted by Crippen LogP contribution is -2.57. The number of nitrogens with one attached hydrogen (secondary N) is 1. The van der Waals surface area contributed by atoms with Crippen molar-refractivity contribution in [2.24, 2.45) is 5.92 Å². The molecule has 1 fully saturated rings. The molecule has 1 spiro atoms. The Kier molecular flexibility index (Phi) is 6.22. The third kappa shape index (κ3) is 3.98. The van der Waals surface area contributed by atoms with Crippen LogP contribution >= 0.6 is 0 Å². The number of methoxy groups -OCH3 is 2. The summed E-state index contributed by atoms with van der Waals surface area (Å²) >= 11 is 0. The molecule has 1 N–H and O–H groups in total. The van der Waals surface area contributed by atoms with Gasteiger partial charge in [-0.3, -0.25) is 4.79 Å². The van der Waals surface area contributed by atoms with Gasteiger partial charge < -0.3 is 24.6 Å². The van der Waals surface area contributed by atoms with Crippen LogP contribution in [0, 0.1) is 12.8 Å². The average molecular weight is 438 g/mol. The molecule has 1 aromatic rings. The van der Waals surface area contributed by atoms with Crippen molar-refractivity contribution in [2.45, 2.75) is 45.1 Å². The number of allylic oxidation sites excluding steroid dienone is 3. The second-order valence-corrected chi connectivity index (χ2v) is 9.01. The minimum absolute atomic E-state index is 0.151. The summed E-state index contributed by atoms with van der Waals surface area (Å²) in [7, 11) is 5.43. The van der Waals surface area contributed by atoms with Gasteiger partial charge in [0.1, 0.15) is 11.5 Å². The van der Waals surface area contributed by atoms with E-state index in [1.54, 1.807) is 14.2 Å². The van der Waals surface area contributed by atoms with Gasteiger partial charge in [-0.1, -0.05) is 19.1 Å². The highest BCUT2D eigenvalue weighted by Gasteiger charge is 2.44. The quantitative estimate of drug-likeness (QED) is 0.747. The van der Waals surface area contributed by atoms with Crippen molar-refractivity contribution in [3.63, 3.8) is 0 Å². The van der Waals surface area contributed by atoms with Crippen LogP contribution in [0.5, 0.6) is 0 Å². The van der Waals surface area contributed by atoms with Crippen molar-refractivity contribution in [3.05, 3.63) is 59.2 Å². The molecule has 0 bridgehead atoms. The molecule has 1 aliphatic carbocycles. The topological polar surface area (TPSA) is 54.0 Å². The van der Waals surface area contributed by atoms with Crippen LogP contribution in [0.4, 0.5) is 11.4 Å². The lowest BCUT2D eigenvalue weighted by atomic mass is 9.80. The third-order valence-electron chi connectivity index (χ3n) is 6.97. The van der Waals surface area contributed by atoms with Gasteiger partial charge in [0.25, 0.3) is 0 Å². The van der Waals surface area contributed by atoms with E-state index in [1.165, 1.54) is 22.6 Å². The molecule has 172 valence electrons. The minimum atomic E-state index is -0.240. The number of likely N-dealkylation sites (N-methyl/N-ethyl adjacent to an activating group) is 1. The largest absolute Gasteiger partial charge is 0.501 e. The van der Waals surface area contributed by atoms with Gasteiger partial charge >= 0.3 is 0 Å². The summed E-state index contributed by atoms with van der Waals surface area (Å²) in [5.74, 6) is 1.39. The van der Waals surface area contributed by atoms with Crippen molar-refractivity contribution >= 4 is 17.3 Å². The minimum Gasteiger partial charge on any atom is -0.501 e. The number of piperidine rings is 1. The summed E-state index contributed by atoms with van der Waals surface area (Å²) < 4.78 is 10.8. The van der Waals surface area contributed by atoms with Crippen LogP contribution in [0.15, 0.2) is 53.6 Å². The van der Waals surface area contributed by atoms with Crippen LogP contribution in [0.25, 0.3) is 0 Å². The van der Waals surface area contributed by atoms with Gasteiger partial charge in [-0.25, -0.2) is 0 Å². The van der Waals surface area contributed by atoms with E-state index in [0.29, 0.717) is 12.2 Å². The third-order valence-corrected chi connectivity index (χ3v) is 6.97. The number of amides is 1. The zero-order valence-corrected chi connectivity index (χ0v) is 19.9. The highest BCUT2D eigenvalue weighted by molar-refractivity contribution is 5.82. The zero-order chi connectivity index (χ0) is 22.9. The van der Waals surface area contributed by atoms with Crippen molar-refractivity contribution in [1.29, 1.82) is 0 Å². The predicted molar refractivity (Wildman–Crippen MR) is 128 cm³/mol. The number of carbonyl (C=O) groups excluding carboxylic acids is 1. The number of carbonyl (C=O) groups is 1. The van der Waals surface area contributed by atoms with Crippen LogP contribution < -0.4 is 10.2 Å². The maximum Gasteiger partial charge on any atom is 0.230 e. The van der Waals surface area contributed by atoms with Crippen molar-refractivity contribution in [1.82, 2.24) is 4.90 Å². The predicted octanol–water partition coefficient (Wildman–Crippen LogP) is 4.59. The molecule has 3 aliphatic rings. The Morgan fingerprint density at radius 1 is 1.25 bits per heavy atom. The van der Waals surface area contributed by atoms with Gasteiger partial charge in [0.15, 0.2) is 0 Å². The zero-order valence-electron chi connectivity index (χ0n) is 19.9. The fraction of sp³-hybridized carbons (Fsp3) is 0.500. The number of aryl methyl sites for hydroxylation is 1. The van der Waals surface area contributed by atoms with E-state index in [0.717, 1.165) is 38.1 Å². The fourth-order valence-corrected chi connectivity index (χ4v) is 5.22. The number of hydrogen-bond donors (Lipinski definition) is 1. The van der Waals surface area contributed by atoms with E-state index in [9.17, 15) is 4.79 Å². The Morgan fingerprint density at radius 3 is 2.66 bits per heavy atom. The van der Waals surface area contributed by atoms with Crippen molar-refractivity contribution in [3.8, 4) is 0 Å². The van der Waals surface area contributed by atoms with Crippen LogP contribution in [0.3, 0.4) is 0 Å². The number of nitrogens with zero attached hydrogens (tertiary/aromatic N) is 2. The monoisotopic (exact) mass is 437 g/mol. The molecule has 1 atom stereocenters. The van der Waals surface area contributed by atoms with Gasteiger partial charge in [0, 0.05) is 38.3 Å². The van der Waals surface area contributed by atoms with E-state index >= 15 is 0 Å². The second kappa shape index (κ2) is 8.93. The lowest BCUT2D eigenvalue weighted by molar-refractivity contribution is -0.135. The molecule has 0 aromatic heterocycles. The van der Waals surface area contributed by atoms with E-state index < -0.39 is 0 Å². The standard InChI is InChI=1S/C26H35N3O3/c1-6-7-24-26(27-22-9-8-18(2)14-23(22)28(24)3)10-12-29(13-11-26)25(30)19-15-20(31-4)17-21(16-19)32-5/h7-9,14-15,17,19,27H,6,10-13,16H2,1-5H3. The maximum atomic E-state index is 13.4. The van der Waals surface area contributed by atoms with E-state index in [2.05, 4.69) is 55.4 Å². The van der Waals surface area contributed by atoms with E-state index in [1.807, 2.05) is 17.1 Å². The maximum absolute atomic E-state index is 13.4. The molecule has 2 heterocycles. The molecular weight excluding hydrogens is 402 g/mol. The molecule has 2 aliphatic heterocycles. The Morgan fingerprint density at radius 2 is 2.00 bits per heavy atom. The molecule has 6 heteroatoms. The van der Waals surface area contributed by atoms with Crippen molar-refractivity contribution < 1.29 is 14.3 Å². The first-order valence-electron chi connectivity index (χ1n) is 11.5. The second-order valence-electron chi connectivity index (χ2n) is 9.01. The summed E-state index contributed by atoms with van der Waals surface area (Å²) in [6.45, 7) is 5.76. The molecule has 1 unspecified atom stereocenters. The highest BCUT2D eigenvalue weighted by Crippen LogP contribution is 2.45. The Hall–Kier alpha value is -2.89. The number of fused-ring (bicyclic) bond motifs is 1. The summed E-state index contributed by atoms with van der Waals surface area (Å²) in [5, 5.41) is 3.87. The van der Waals surface area contributed by atoms with Crippen molar-refractivity contribution in [2.75, 3.05) is 44.6 Å². The average Bonchev–Trinajstić information content (AvgIpc) is 2.82. The molecular formula is C26H35N3O3. The molecule has 32 heavy (non-hydrogen) atoms. The summed E-state index contributed by atoms with van der Waals surface area (Å²) in [6, 6.07) is 6.58. The molecule has 0 saturated carbocycles. The number of rotatable bonds is 4. The molecule has 6 nitrogen and oxygen atoms in total. The first-order valence-corrected chi connectivity index (χ1v) is 11.5. The number of anilines is 2. The van der Waals surface area contributed by atoms with Gasteiger partial charge in [-0.2, -0.15) is 0 Å². The molecule has 0 radical (unpaired) electrons. The molecule has 4 rings (SSSR count). The normalized spacial score (nSPS) is 23.3. The Balaban J connectivity index is 1.53. The van der Waals surface area contributed by atoms with Crippen LogP contribution in [-0.4, -0.2) is 50.7 Å². The Bertz CT molecular complexity index is 971. The molecule has 1 amide bonds. The summed E-state index contributed by atoms with van der Waals surface area (Å²) in [6.07, 6.45) is 9.43. The lowest BCUT2D eigenvalue weighted by Gasteiger charge is -2.51. The number of hydrogen-bond acceptors (Lipinski definition) is 5. The Labute approximate surface area is 191 Å². The first kappa shape index (κ1) is 22.3. The van der Waals surface area contributed by atoms with E-state index in [4.69, 9.17) is 9.47 Å². The number of ether oxygens (including phenoxy) is 2. The van der Waals surface area contributed by atoms with Crippen LogP contribution in [0.2, 0.25) is 0 Å². The highest BCUT2D eigenvalue weighted by atomic mass is 16.5. The van der Waals surface area contributed by atoms with E-state index in [-0.39, 0.29) is 17.4 Å². The van der Waals surface area contributed by atoms with Gasteiger partial charge in [-0.15, -0.1) is 0 Å². The molecule has 1 aromatic carbocycles. The summed E-state index contributed by atoms with van der Waals surface area (Å²) in [5.41, 5.74) is 4.80. The van der Waals surface area contributed by atoms with Gasteiger partial charge in [0.05, 0.1) is 37.1 Å². The summed E-state index contributed by atoms with van der Waals surface area (Å²) in [4.78, 5) is 17.7. The van der Waals surface area contributed by atoms with Crippen LogP contribution in [0.1, 0.15) is 38.2 Å².